The first kappa shape index (κ1) is 20.5. The number of hydrogen-bond donors (Lipinski definition) is 3. The van der Waals surface area contributed by atoms with E-state index in [4.69, 9.17) is 0 Å². The molecule has 0 saturated heterocycles. The molecule has 4 rings (SSSR count). The van der Waals surface area contributed by atoms with Gasteiger partial charge in [-0.1, -0.05) is 18.2 Å². The van der Waals surface area contributed by atoms with Gasteiger partial charge < -0.3 is 15.4 Å². The molecule has 1 unspecified atom stereocenters. The van der Waals surface area contributed by atoms with E-state index in [1.54, 1.807) is 16.8 Å². The van der Waals surface area contributed by atoms with Crippen LogP contribution in [0.25, 0.3) is 22.1 Å². The number of rotatable bonds is 7. The van der Waals surface area contributed by atoms with Gasteiger partial charge in [-0.15, -0.1) is 0 Å². The van der Waals surface area contributed by atoms with Crippen LogP contribution in [0.2, 0.25) is 0 Å². The maximum absolute atomic E-state index is 13.6. The summed E-state index contributed by atoms with van der Waals surface area (Å²) in [5, 5.41) is 19.4. The highest BCUT2D eigenvalue weighted by molar-refractivity contribution is 5.83. The van der Waals surface area contributed by atoms with Crippen molar-refractivity contribution in [3.05, 3.63) is 77.6 Å². The molecule has 3 heterocycles. The first-order chi connectivity index (χ1) is 15.0. The smallest absolute Gasteiger partial charge is 0.160 e. The van der Waals surface area contributed by atoms with Crippen molar-refractivity contribution < 1.29 is 9.50 Å². The second-order valence-electron chi connectivity index (χ2n) is 7.27. The number of aryl methyl sites for hydroxylation is 1. The number of aliphatic hydroxyl groups is 1. The summed E-state index contributed by atoms with van der Waals surface area (Å²) in [5.74, 6) is 0.248. The topological polar surface area (TPSA) is 90.6 Å². The molecule has 0 spiro atoms. The lowest BCUT2D eigenvalue weighted by Crippen LogP contribution is -2.15. The summed E-state index contributed by atoms with van der Waals surface area (Å²) in [6.45, 7) is 6.96. The number of benzene rings is 1. The number of aliphatic hydroxyl groups excluding tert-OH is 1. The quantitative estimate of drug-likeness (QED) is 0.303. The largest absolute Gasteiger partial charge is 0.386 e. The summed E-state index contributed by atoms with van der Waals surface area (Å²) < 4.78 is 15.3. The van der Waals surface area contributed by atoms with Crippen molar-refractivity contribution >= 4 is 34.7 Å². The van der Waals surface area contributed by atoms with Crippen molar-refractivity contribution in [1.82, 2.24) is 19.6 Å². The van der Waals surface area contributed by atoms with Crippen LogP contribution in [-0.2, 0) is 0 Å². The van der Waals surface area contributed by atoms with E-state index in [1.807, 2.05) is 37.4 Å². The number of aliphatic imine (C=N–C) groups is 1. The minimum atomic E-state index is -0.752. The molecule has 7 nitrogen and oxygen atoms in total. The first-order valence-electron chi connectivity index (χ1n) is 9.81. The average molecular weight is 418 g/mol. The number of allylic oxidation sites excluding steroid dienone is 3. The van der Waals surface area contributed by atoms with Gasteiger partial charge in [0.2, 0.25) is 0 Å². The Balaban J connectivity index is 1.69. The molecule has 8 heteroatoms. The van der Waals surface area contributed by atoms with Gasteiger partial charge >= 0.3 is 0 Å². The van der Waals surface area contributed by atoms with Crippen molar-refractivity contribution in [2.75, 3.05) is 11.9 Å². The molecular formula is C23H23FN6O. The number of aromatic amines is 1. The third-order valence-corrected chi connectivity index (χ3v) is 4.99. The summed E-state index contributed by atoms with van der Waals surface area (Å²) in [6.07, 6.45) is 5.58. The third kappa shape index (κ3) is 4.10. The van der Waals surface area contributed by atoms with Crippen molar-refractivity contribution in [3.8, 4) is 0 Å². The zero-order valence-electron chi connectivity index (χ0n) is 17.3. The molecule has 3 N–H and O–H groups in total. The third-order valence-electron chi connectivity index (χ3n) is 4.99. The van der Waals surface area contributed by atoms with E-state index in [0.29, 0.717) is 22.7 Å². The molecule has 4 aromatic rings. The molecule has 0 radical (unpaired) electrons. The Morgan fingerprint density at radius 1 is 1.42 bits per heavy atom. The molecule has 1 aromatic carbocycles. The molecule has 0 aliphatic heterocycles. The van der Waals surface area contributed by atoms with Gasteiger partial charge in [0.1, 0.15) is 5.82 Å². The lowest BCUT2D eigenvalue weighted by Gasteiger charge is -2.15. The predicted molar refractivity (Wildman–Crippen MR) is 122 cm³/mol. The van der Waals surface area contributed by atoms with Gasteiger partial charge in [0.25, 0.3) is 0 Å². The van der Waals surface area contributed by atoms with E-state index < -0.39 is 6.10 Å². The number of aromatic nitrogens is 4. The van der Waals surface area contributed by atoms with E-state index in [-0.39, 0.29) is 12.4 Å². The highest BCUT2D eigenvalue weighted by Crippen LogP contribution is 2.26. The molecule has 0 aliphatic carbocycles. The van der Waals surface area contributed by atoms with Gasteiger partial charge in [0, 0.05) is 52.6 Å². The van der Waals surface area contributed by atoms with Crippen LogP contribution in [0.15, 0.2) is 65.8 Å². The summed E-state index contributed by atoms with van der Waals surface area (Å²) in [4.78, 5) is 11.6. The van der Waals surface area contributed by atoms with Gasteiger partial charge in [-0.3, -0.25) is 4.99 Å². The lowest BCUT2D eigenvalue weighted by atomic mass is 10.1. The Bertz CT molecular complexity index is 1310. The Morgan fingerprint density at radius 2 is 2.23 bits per heavy atom. The predicted octanol–water partition coefficient (Wildman–Crippen LogP) is 4.58. The highest BCUT2D eigenvalue weighted by Gasteiger charge is 2.16. The van der Waals surface area contributed by atoms with Crippen LogP contribution in [0.3, 0.4) is 0 Å². The molecule has 3 aromatic heterocycles. The maximum Gasteiger partial charge on any atom is 0.160 e. The summed E-state index contributed by atoms with van der Waals surface area (Å²) in [5.41, 5.74) is 4.27. The van der Waals surface area contributed by atoms with Crippen LogP contribution in [0, 0.1) is 6.92 Å². The second kappa shape index (κ2) is 8.53. The number of para-hydroxylation sites is 1. The number of fused-ring (bicyclic) bond motifs is 2. The van der Waals surface area contributed by atoms with Gasteiger partial charge in [0.05, 0.1) is 23.8 Å². The van der Waals surface area contributed by atoms with Crippen molar-refractivity contribution in [2.45, 2.75) is 20.0 Å². The standard InChI is InChI=1S/C23H23FN6O/c1-14-10-28-30-22(9-20(29-23(14)30)16(11-25-3)8-15(2)24)27-13-21(31)18-12-26-19-7-5-4-6-17(18)19/h4-12,21,26-27,31H,3,13H2,1-2H3/b15-8+,16-11+. The second-order valence-corrected chi connectivity index (χ2v) is 7.27. The molecular weight excluding hydrogens is 395 g/mol. The zero-order chi connectivity index (χ0) is 22.0. The van der Waals surface area contributed by atoms with Crippen molar-refractivity contribution in [1.29, 1.82) is 0 Å². The SMILES string of the molecule is C=N/C=C(\C=C(/C)F)c1cc(NCC(O)c2c[nH]c3ccccc23)n2ncc(C)c2n1. The number of nitrogens with one attached hydrogen (secondary N) is 2. The lowest BCUT2D eigenvalue weighted by molar-refractivity contribution is 0.193. The van der Waals surface area contributed by atoms with Crippen LogP contribution < -0.4 is 5.32 Å². The van der Waals surface area contributed by atoms with Crippen LogP contribution in [0.5, 0.6) is 0 Å². The summed E-state index contributed by atoms with van der Waals surface area (Å²) in [6, 6.07) is 9.56. The fourth-order valence-corrected chi connectivity index (χ4v) is 3.52. The molecule has 0 saturated carbocycles. The van der Waals surface area contributed by atoms with E-state index in [2.05, 4.69) is 32.1 Å². The number of hydrogen-bond acceptors (Lipinski definition) is 5. The van der Waals surface area contributed by atoms with Crippen LogP contribution in [-0.4, -0.2) is 38.0 Å². The highest BCUT2D eigenvalue weighted by atomic mass is 19.1. The van der Waals surface area contributed by atoms with Crippen molar-refractivity contribution in [2.24, 2.45) is 4.99 Å². The average Bonchev–Trinajstić information content (AvgIpc) is 3.35. The van der Waals surface area contributed by atoms with E-state index in [1.165, 1.54) is 19.2 Å². The summed E-state index contributed by atoms with van der Waals surface area (Å²) >= 11 is 0. The number of H-pyrrole nitrogens is 1. The maximum atomic E-state index is 13.6. The van der Waals surface area contributed by atoms with E-state index in [0.717, 1.165) is 22.0 Å². The number of nitrogens with zero attached hydrogens (tertiary/aromatic N) is 4. The van der Waals surface area contributed by atoms with Crippen LogP contribution in [0.1, 0.15) is 29.8 Å². The Kier molecular flexibility index (Phi) is 5.64. The molecule has 31 heavy (non-hydrogen) atoms. The molecule has 0 aliphatic rings. The Hall–Kier alpha value is -3.78. The van der Waals surface area contributed by atoms with Crippen LogP contribution >= 0.6 is 0 Å². The van der Waals surface area contributed by atoms with E-state index >= 15 is 0 Å². The fourth-order valence-electron chi connectivity index (χ4n) is 3.52. The Morgan fingerprint density at radius 3 is 3.00 bits per heavy atom. The number of anilines is 1. The minimum Gasteiger partial charge on any atom is -0.386 e. The molecule has 0 amide bonds. The Labute approximate surface area is 178 Å². The van der Waals surface area contributed by atoms with Crippen molar-refractivity contribution in [3.63, 3.8) is 0 Å². The molecule has 158 valence electrons. The van der Waals surface area contributed by atoms with Gasteiger partial charge in [0.15, 0.2) is 5.65 Å². The zero-order valence-corrected chi connectivity index (χ0v) is 17.3. The monoisotopic (exact) mass is 418 g/mol. The van der Waals surface area contributed by atoms with Crippen LogP contribution in [0.4, 0.5) is 10.2 Å². The van der Waals surface area contributed by atoms with Gasteiger partial charge in [-0.2, -0.15) is 9.61 Å². The number of halogens is 1. The molecule has 0 bridgehead atoms. The molecule has 0 fully saturated rings. The summed E-state index contributed by atoms with van der Waals surface area (Å²) in [7, 11) is 0. The first-order valence-corrected chi connectivity index (χ1v) is 9.81. The van der Waals surface area contributed by atoms with Gasteiger partial charge in [-0.05, 0) is 32.7 Å². The normalized spacial score (nSPS) is 13.7. The molecule has 1 atom stereocenters. The fraction of sp³-hybridized carbons (Fsp3) is 0.174. The van der Waals surface area contributed by atoms with Gasteiger partial charge in [-0.25, -0.2) is 9.37 Å². The van der Waals surface area contributed by atoms with E-state index in [9.17, 15) is 9.50 Å². The minimum absolute atomic E-state index is 0.246.